The number of carbonyl (C=O) groups excluding carboxylic acids is 2. The van der Waals surface area contributed by atoms with E-state index in [2.05, 4.69) is 17.6 Å². The molecule has 1 fully saturated rings. The number of hydrogen-bond acceptors (Lipinski definition) is 4. The highest BCUT2D eigenvalue weighted by Gasteiger charge is 2.25. The molecule has 1 aromatic rings. The smallest absolute Gasteiger partial charge is 0.340 e. The molecule has 5 nitrogen and oxygen atoms in total. The van der Waals surface area contributed by atoms with Gasteiger partial charge in [-0.3, -0.25) is 4.79 Å². The van der Waals surface area contributed by atoms with E-state index in [1.807, 2.05) is 0 Å². The van der Waals surface area contributed by atoms with Crippen LogP contribution in [0.25, 0.3) is 0 Å². The second kappa shape index (κ2) is 7.22. The third kappa shape index (κ3) is 4.04. The van der Waals surface area contributed by atoms with E-state index in [0.29, 0.717) is 23.8 Å². The minimum absolute atomic E-state index is 0.0988. The largest absolute Gasteiger partial charge is 0.462 e. The van der Waals surface area contributed by atoms with Crippen molar-refractivity contribution in [3.63, 3.8) is 0 Å². The van der Waals surface area contributed by atoms with Crippen LogP contribution in [0.2, 0.25) is 0 Å². The third-order valence-corrected chi connectivity index (χ3v) is 3.66. The highest BCUT2D eigenvalue weighted by Crippen LogP contribution is 2.19. The molecule has 114 valence electrons. The van der Waals surface area contributed by atoms with E-state index < -0.39 is 5.97 Å². The summed E-state index contributed by atoms with van der Waals surface area (Å²) in [6.07, 6.45) is 1.90. The van der Waals surface area contributed by atoms with Gasteiger partial charge in [0.05, 0.1) is 23.9 Å². The van der Waals surface area contributed by atoms with Crippen LogP contribution in [0.1, 0.15) is 37.0 Å². The molecule has 1 aromatic carbocycles. The van der Waals surface area contributed by atoms with Crippen molar-refractivity contribution < 1.29 is 14.3 Å². The quantitative estimate of drug-likeness (QED) is 0.834. The van der Waals surface area contributed by atoms with Crippen LogP contribution in [-0.2, 0) is 9.53 Å². The molecule has 0 saturated carbocycles. The average Bonchev–Trinajstić information content (AvgIpc) is 2.48. The highest BCUT2D eigenvalue weighted by molar-refractivity contribution is 6.02. The first-order valence-electron chi connectivity index (χ1n) is 7.42. The van der Waals surface area contributed by atoms with Crippen LogP contribution in [0.3, 0.4) is 0 Å². The van der Waals surface area contributed by atoms with Crippen molar-refractivity contribution >= 4 is 17.6 Å². The minimum atomic E-state index is -0.418. The number of esters is 1. The lowest BCUT2D eigenvalue weighted by Crippen LogP contribution is -2.45. The van der Waals surface area contributed by atoms with E-state index in [9.17, 15) is 9.59 Å². The number of benzene rings is 1. The van der Waals surface area contributed by atoms with Crippen LogP contribution >= 0.6 is 0 Å². The summed E-state index contributed by atoms with van der Waals surface area (Å²) in [4.78, 5) is 24.2. The zero-order valence-corrected chi connectivity index (χ0v) is 12.5. The Labute approximate surface area is 125 Å². The minimum Gasteiger partial charge on any atom is -0.462 e. The van der Waals surface area contributed by atoms with Crippen molar-refractivity contribution in [2.24, 2.45) is 5.92 Å². The number of rotatable bonds is 4. The van der Waals surface area contributed by atoms with Crippen molar-refractivity contribution in [2.75, 3.05) is 18.5 Å². The average molecular weight is 290 g/mol. The molecule has 0 bridgehead atoms. The SMILES string of the molecule is CCOC(=O)c1ccccc1NC(=O)C1CC(C)CCN1. The van der Waals surface area contributed by atoms with Crippen molar-refractivity contribution in [3.8, 4) is 0 Å². The predicted octanol–water partition coefficient (Wildman–Crippen LogP) is 2.19. The van der Waals surface area contributed by atoms with Gasteiger partial charge < -0.3 is 15.4 Å². The Bertz CT molecular complexity index is 516. The summed E-state index contributed by atoms with van der Waals surface area (Å²) >= 11 is 0. The lowest BCUT2D eigenvalue weighted by atomic mass is 9.94. The number of hydrogen-bond donors (Lipinski definition) is 2. The van der Waals surface area contributed by atoms with Gasteiger partial charge >= 0.3 is 5.97 Å². The van der Waals surface area contributed by atoms with Crippen LogP contribution in [-0.4, -0.2) is 31.1 Å². The second-order valence-electron chi connectivity index (χ2n) is 5.39. The number of anilines is 1. The van der Waals surface area contributed by atoms with E-state index in [-0.39, 0.29) is 11.9 Å². The van der Waals surface area contributed by atoms with Gasteiger partial charge in [0.15, 0.2) is 0 Å². The Kier molecular flexibility index (Phi) is 5.33. The fourth-order valence-electron chi connectivity index (χ4n) is 2.51. The third-order valence-electron chi connectivity index (χ3n) is 3.66. The first-order chi connectivity index (χ1) is 10.1. The van der Waals surface area contributed by atoms with Crippen molar-refractivity contribution in [2.45, 2.75) is 32.7 Å². The summed E-state index contributed by atoms with van der Waals surface area (Å²) < 4.78 is 5.01. The maximum atomic E-state index is 12.3. The molecule has 2 atom stereocenters. The molecule has 1 amide bonds. The molecule has 1 heterocycles. The monoisotopic (exact) mass is 290 g/mol. The zero-order chi connectivity index (χ0) is 15.2. The molecule has 2 rings (SSSR count). The normalized spacial score (nSPS) is 21.6. The summed E-state index contributed by atoms with van der Waals surface area (Å²) in [5, 5.41) is 6.05. The van der Waals surface area contributed by atoms with Gasteiger partial charge in [0.25, 0.3) is 0 Å². The number of piperidine rings is 1. The van der Waals surface area contributed by atoms with Crippen LogP contribution in [0.5, 0.6) is 0 Å². The van der Waals surface area contributed by atoms with Gasteiger partial charge in [0, 0.05) is 0 Å². The Morgan fingerprint density at radius 2 is 2.14 bits per heavy atom. The standard InChI is InChI=1S/C16H22N2O3/c1-3-21-16(20)12-6-4-5-7-13(12)18-15(19)14-10-11(2)8-9-17-14/h4-7,11,14,17H,3,8-10H2,1-2H3,(H,18,19). The first kappa shape index (κ1) is 15.5. The van der Waals surface area contributed by atoms with E-state index in [1.165, 1.54) is 0 Å². The van der Waals surface area contributed by atoms with E-state index in [4.69, 9.17) is 4.74 Å². The number of carbonyl (C=O) groups is 2. The lowest BCUT2D eigenvalue weighted by molar-refractivity contribution is -0.119. The summed E-state index contributed by atoms with van der Waals surface area (Å²) in [5.74, 6) is 0.0129. The molecule has 21 heavy (non-hydrogen) atoms. The second-order valence-corrected chi connectivity index (χ2v) is 5.39. The molecule has 2 unspecified atom stereocenters. The molecule has 0 spiro atoms. The predicted molar refractivity (Wildman–Crippen MR) is 81.2 cm³/mol. The first-order valence-corrected chi connectivity index (χ1v) is 7.42. The fraction of sp³-hybridized carbons (Fsp3) is 0.500. The maximum absolute atomic E-state index is 12.3. The van der Waals surface area contributed by atoms with Gasteiger partial charge in [0.2, 0.25) is 5.91 Å². The summed E-state index contributed by atoms with van der Waals surface area (Å²) in [6.45, 7) is 5.06. The van der Waals surface area contributed by atoms with Crippen molar-refractivity contribution in [1.82, 2.24) is 5.32 Å². The Hall–Kier alpha value is -1.88. The Morgan fingerprint density at radius 3 is 2.86 bits per heavy atom. The fourth-order valence-corrected chi connectivity index (χ4v) is 2.51. The zero-order valence-electron chi connectivity index (χ0n) is 12.5. The Morgan fingerprint density at radius 1 is 1.38 bits per heavy atom. The van der Waals surface area contributed by atoms with Gasteiger partial charge in [-0.05, 0) is 44.4 Å². The molecule has 0 aromatic heterocycles. The molecular formula is C16H22N2O3. The van der Waals surface area contributed by atoms with E-state index in [0.717, 1.165) is 19.4 Å². The van der Waals surface area contributed by atoms with Gasteiger partial charge in [-0.1, -0.05) is 19.1 Å². The van der Waals surface area contributed by atoms with Gasteiger partial charge in [0.1, 0.15) is 0 Å². The van der Waals surface area contributed by atoms with E-state index >= 15 is 0 Å². The molecule has 1 aliphatic heterocycles. The van der Waals surface area contributed by atoms with Gasteiger partial charge in [-0.15, -0.1) is 0 Å². The van der Waals surface area contributed by atoms with Crippen molar-refractivity contribution in [1.29, 1.82) is 0 Å². The van der Waals surface area contributed by atoms with Crippen molar-refractivity contribution in [3.05, 3.63) is 29.8 Å². The van der Waals surface area contributed by atoms with E-state index in [1.54, 1.807) is 31.2 Å². The number of nitrogens with one attached hydrogen (secondary N) is 2. The summed E-state index contributed by atoms with van der Waals surface area (Å²) in [5.41, 5.74) is 0.887. The summed E-state index contributed by atoms with van der Waals surface area (Å²) in [6, 6.07) is 6.71. The molecule has 1 aliphatic rings. The number of amides is 1. The van der Waals surface area contributed by atoms with Crippen LogP contribution < -0.4 is 10.6 Å². The lowest BCUT2D eigenvalue weighted by Gasteiger charge is -2.27. The van der Waals surface area contributed by atoms with Gasteiger partial charge in [-0.25, -0.2) is 4.79 Å². The molecule has 5 heteroatoms. The summed E-state index contributed by atoms with van der Waals surface area (Å²) in [7, 11) is 0. The Balaban J connectivity index is 2.08. The highest BCUT2D eigenvalue weighted by atomic mass is 16.5. The van der Waals surface area contributed by atoms with Crippen LogP contribution in [0, 0.1) is 5.92 Å². The van der Waals surface area contributed by atoms with Crippen LogP contribution in [0.4, 0.5) is 5.69 Å². The van der Waals surface area contributed by atoms with Crippen LogP contribution in [0.15, 0.2) is 24.3 Å². The van der Waals surface area contributed by atoms with Gasteiger partial charge in [-0.2, -0.15) is 0 Å². The molecule has 2 N–H and O–H groups in total. The number of para-hydroxylation sites is 1. The molecule has 0 aliphatic carbocycles. The topological polar surface area (TPSA) is 67.4 Å². The molecule has 0 radical (unpaired) electrons. The number of ether oxygens (including phenoxy) is 1. The molecule has 1 saturated heterocycles. The molecular weight excluding hydrogens is 268 g/mol. The maximum Gasteiger partial charge on any atom is 0.340 e.